The van der Waals surface area contributed by atoms with Crippen molar-refractivity contribution in [3.05, 3.63) is 28.4 Å². The lowest BCUT2D eigenvalue weighted by atomic mass is 10.2. The fourth-order valence-corrected chi connectivity index (χ4v) is 2.06. The van der Waals surface area contributed by atoms with Crippen LogP contribution in [-0.4, -0.2) is 40.3 Å². The Morgan fingerprint density at radius 3 is 2.95 bits per heavy atom. The van der Waals surface area contributed by atoms with Gasteiger partial charge in [0.05, 0.1) is 23.7 Å². The predicted octanol–water partition coefficient (Wildman–Crippen LogP) is 0.705. The quantitative estimate of drug-likeness (QED) is 0.860. The van der Waals surface area contributed by atoms with Crippen LogP contribution in [0.25, 0.3) is 10.9 Å². The van der Waals surface area contributed by atoms with E-state index in [1.54, 1.807) is 18.0 Å². The molecule has 3 rings (SSSR count). The van der Waals surface area contributed by atoms with Crippen molar-refractivity contribution in [1.29, 1.82) is 0 Å². The van der Waals surface area contributed by atoms with E-state index in [-0.39, 0.29) is 18.0 Å². The number of H-pyrrole nitrogens is 1. The van der Waals surface area contributed by atoms with Gasteiger partial charge in [-0.15, -0.1) is 0 Å². The predicted molar refractivity (Wildman–Crippen MR) is 72.5 cm³/mol. The molecule has 2 N–H and O–H groups in total. The Hall–Kier alpha value is -2.02. The van der Waals surface area contributed by atoms with Gasteiger partial charge in [-0.25, -0.2) is 14.4 Å². The summed E-state index contributed by atoms with van der Waals surface area (Å²) in [5, 5.41) is 9.28. The van der Waals surface area contributed by atoms with Crippen LogP contribution in [-0.2, 0) is 5.67 Å². The monoisotopic (exact) mass is 278 g/mol. The van der Waals surface area contributed by atoms with Crippen molar-refractivity contribution in [2.45, 2.75) is 18.5 Å². The van der Waals surface area contributed by atoms with Gasteiger partial charge in [0.2, 0.25) is 0 Å². The van der Waals surface area contributed by atoms with E-state index in [9.17, 15) is 9.18 Å². The second kappa shape index (κ2) is 4.52. The Bertz CT molecular complexity index is 711. The molecular weight excluding hydrogens is 263 g/mol. The maximum absolute atomic E-state index is 14.0. The number of fused-ring (bicyclic) bond motifs is 1. The Morgan fingerprint density at radius 2 is 2.30 bits per heavy atom. The van der Waals surface area contributed by atoms with Gasteiger partial charge in [0.1, 0.15) is 11.6 Å². The number of aromatic amines is 1. The molecule has 0 bridgehead atoms. The number of nitrogens with one attached hydrogen (secondary N) is 1. The van der Waals surface area contributed by atoms with Crippen LogP contribution in [0.3, 0.4) is 0 Å². The Labute approximate surface area is 114 Å². The van der Waals surface area contributed by atoms with E-state index in [1.165, 1.54) is 6.20 Å². The summed E-state index contributed by atoms with van der Waals surface area (Å²) in [4.78, 5) is 24.6. The molecule has 7 heteroatoms. The van der Waals surface area contributed by atoms with Gasteiger partial charge in [0.15, 0.2) is 5.67 Å². The molecule has 1 aliphatic rings. The van der Waals surface area contributed by atoms with E-state index in [4.69, 9.17) is 5.11 Å². The van der Waals surface area contributed by atoms with Crippen LogP contribution in [0.1, 0.15) is 18.7 Å². The van der Waals surface area contributed by atoms with Gasteiger partial charge >= 0.3 is 0 Å². The molecule has 1 fully saturated rings. The fourth-order valence-electron chi connectivity index (χ4n) is 2.06. The number of hydrogen-bond acceptors (Lipinski definition) is 5. The van der Waals surface area contributed by atoms with Crippen molar-refractivity contribution in [1.82, 2.24) is 15.0 Å². The molecule has 1 saturated carbocycles. The number of halogens is 1. The number of hydrogen-bond donors (Lipinski definition) is 2. The molecule has 0 spiro atoms. The molecule has 106 valence electrons. The first-order valence-corrected chi connectivity index (χ1v) is 6.45. The van der Waals surface area contributed by atoms with Gasteiger partial charge in [-0.2, -0.15) is 0 Å². The molecule has 2 aromatic rings. The molecule has 0 aromatic carbocycles. The minimum atomic E-state index is -1.47. The zero-order valence-electron chi connectivity index (χ0n) is 11.1. The number of aliphatic hydroxyl groups excluding tert-OH is 1. The molecule has 0 radical (unpaired) electrons. The number of pyridine rings is 1. The Balaban J connectivity index is 2.07. The van der Waals surface area contributed by atoms with Crippen LogP contribution in [0, 0.1) is 0 Å². The van der Waals surface area contributed by atoms with Crippen molar-refractivity contribution in [3.8, 4) is 0 Å². The lowest BCUT2D eigenvalue weighted by Gasteiger charge is -2.16. The van der Waals surface area contributed by atoms with E-state index in [1.807, 2.05) is 0 Å². The van der Waals surface area contributed by atoms with E-state index in [0.717, 1.165) is 0 Å². The number of aliphatic hydroxyl groups is 1. The summed E-state index contributed by atoms with van der Waals surface area (Å²) in [6, 6.07) is 1.60. The highest BCUT2D eigenvalue weighted by molar-refractivity contribution is 5.79. The standard InChI is InChI=1S/C13H15FN4O2/c1-18(4-5-19)10-6-8-9(7-15-10)16-12(17-11(8)20)13(14)2-3-13/h6-7,19H,2-5H2,1H3,(H,16,17,20). The van der Waals surface area contributed by atoms with Crippen molar-refractivity contribution < 1.29 is 9.50 Å². The molecule has 1 aliphatic carbocycles. The fraction of sp³-hybridized carbons (Fsp3) is 0.462. The number of likely N-dealkylation sites (N-methyl/N-ethyl adjacent to an activating group) is 1. The largest absolute Gasteiger partial charge is 0.395 e. The zero-order chi connectivity index (χ0) is 14.3. The molecule has 2 heterocycles. The van der Waals surface area contributed by atoms with Gasteiger partial charge in [-0.3, -0.25) is 4.79 Å². The lowest BCUT2D eigenvalue weighted by molar-refractivity contribution is 0.300. The summed E-state index contributed by atoms with van der Waals surface area (Å²) in [7, 11) is 1.77. The topological polar surface area (TPSA) is 82.1 Å². The van der Waals surface area contributed by atoms with Crippen LogP contribution in [0.2, 0.25) is 0 Å². The van der Waals surface area contributed by atoms with E-state index >= 15 is 0 Å². The van der Waals surface area contributed by atoms with E-state index in [0.29, 0.717) is 36.1 Å². The highest BCUT2D eigenvalue weighted by Gasteiger charge is 2.47. The first kappa shape index (κ1) is 13.0. The van der Waals surface area contributed by atoms with Gasteiger partial charge in [-0.1, -0.05) is 0 Å². The molecule has 0 atom stereocenters. The number of aromatic nitrogens is 3. The SMILES string of the molecule is CN(CCO)c1cc2c(=O)[nH]c(C3(F)CC3)nc2cn1. The van der Waals surface area contributed by atoms with Gasteiger partial charge < -0.3 is 15.0 Å². The third-order valence-electron chi connectivity index (χ3n) is 3.52. The van der Waals surface area contributed by atoms with Gasteiger partial charge in [0.25, 0.3) is 5.56 Å². The summed E-state index contributed by atoms with van der Waals surface area (Å²) in [5.74, 6) is 0.654. The summed E-state index contributed by atoms with van der Waals surface area (Å²) < 4.78 is 14.0. The maximum Gasteiger partial charge on any atom is 0.259 e. The van der Waals surface area contributed by atoms with Crippen molar-refractivity contribution in [2.75, 3.05) is 25.1 Å². The highest BCUT2D eigenvalue weighted by atomic mass is 19.1. The summed E-state index contributed by atoms with van der Waals surface area (Å²) in [6.07, 6.45) is 2.25. The molecule has 0 aliphatic heterocycles. The number of nitrogens with zero attached hydrogens (tertiary/aromatic N) is 3. The summed E-state index contributed by atoms with van der Waals surface area (Å²) in [6.45, 7) is 0.406. The third-order valence-corrected chi connectivity index (χ3v) is 3.52. The van der Waals surface area contributed by atoms with Crippen molar-refractivity contribution in [2.24, 2.45) is 0 Å². The average molecular weight is 278 g/mol. The molecular formula is C13H15FN4O2. The minimum absolute atomic E-state index is 0.00582. The van der Waals surface area contributed by atoms with Crippen molar-refractivity contribution >= 4 is 16.7 Å². The molecule has 0 amide bonds. The second-order valence-corrected chi connectivity index (χ2v) is 5.08. The van der Waals surface area contributed by atoms with Crippen molar-refractivity contribution in [3.63, 3.8) is 0 Å². The number of anilines is 1. The molecule has 6 nitrogen and oxygen atoms in total. The van der Waals surface area contributed by atoms with Crippen LogP contribution >= 0.6 is 0 Å². The normalized spacial score (nSPS) is 16.4. The molecule has 2 aromatic heterocycles. The maximum atomic E-state index is 14.0. The summed E-state index contributed by atoms with van der Waals surface area (Å²) in [5.41, 5.74) is -1.46. The Morgan fingerprint density at radius 1 is 1.55 bits per heavy atom. The molecule has 0 unspecified atom stereocenters. The first-order valence-electron chi connectivity index (χ1n) is 6.45. The smallest absolute Gasteiger partial charge is 0.259 e. The number of rotatable bonds is 4. The Kier molecular flexibility index (Phi) is 2.93. The second-order valence-electron chi connectivity index (χ2n) is 5.08. The average Bonchev–Trinajstić information content (AvgIpc) is 3.18. The molecule has 20 heavy (non-hydrogen) atoms. The third kappa shape index (κ3) is 2.14. The zero-order valence-corrected chi connectivity index (χ0v) is 11.1. The van der Waals surface area contributed by atoms with Gasteiger partial charge in [-0.05, 0) is 18.9 Å². The van der Waals surface area contributed by atoms with Crippen LogP contribution in [0.4, 0.5) is 10.2 Å². The minimum Gasteiger partial charge on any atom is -0.395 e. The summed E-state index contributed by atoms with van der Waals surface area (Å²) >= 11 is 0. The molecule has 0 saturated heterocycles. The van der Waals surface area contributed by atoms with Crippen LogP contribution < -0.4 is 10.5 Å². The van der Waals surface area contributed by atoms with Gasteiger partial charge in [0, 0.05) is 13.6 Å². The van der Waals surface area contributed by atoms with E-state index < -0.39 is 5.67 Å². The van der Waals surface area contributed by atoms with Crippen LogP contribution in [0.15, 0.2) is 17.1 Å². The first-order chi connectivity index (χ1) is 9.53. The number of alkyl halides is 1. The van der Waals surface area contributed by atoms with E-state index in [2.05, 4.69) is 15.0 Å². The lowest BCUT2D eigenvalue weighted by Crippen LogP contribution is -2.23. The highest BCUT2D eigenvalue weighted by Crippen LogP contribution is 2.47. The van der Waals surface area contributed by atoms with Crippen LogP contribution in [0.5, 0.6) is 0 Å².